The van der Waals surface area contributed by atoms with Crippen molar-refractivity contribution in [1.29, 1.82) is 0 Å². The van der Waals surface area contributed by atoms with Crippen molar-refractivity contribution in [2.75, 3.05) is 13.2 Å². The van der Waals surface area contributed by atoms with Crippen LogP contribution in [0.5, 0.6) is 0 Å². The van der Waals surface area contributed by atoms with E-state index >= 15 is 0 Å². The van der Waals surface area contributed by atoms with Crippen molar-refractivity contribution in [2.45, 2.75) is 38.9 Å². The van der Waals surface area contributed by atoms with E-state index in [9.17, 15) is 9.59 Å². The summed E-state index contributed by atoms with van der Waals surface area (Å²) in [5.74, 6) is -0.567. The van der Waals surface area contributed by atoms with Crippen molar-refractivity contribution in [3.8, 4) is 0 Å². The molecule has 0 bridgehead atoms. The quantitative estimate of drug-likeness (QED) is 0.482. The average molecular weight is 216 g/mol. The van der Waals surface area contributed by atoms with E-state index in [0.717, 1.165) is 0 Å². The molecule has 86 valence electrons. The maximum atomic E-state index is 11.0. The molecule has 5 nitrogen and oxygen atoms in total. The van der Waals surface area contributed by atoms with E-state index in [1.165, 1.54) is 0 Å². The van der Waals surface area contributed by atoms with Gasteiger partial charge < -0.3 is 14.2 Å². The largest absolute Gasteiger partial charge is 0.466 e. The van der Waals surface area contributed by atoms with Crippen molar-refractivity contribution in [3.05, 3.63) is 0 Å². The molecule has 0 aliphatic carbocycles. The number of carbonyl (C=O) groups excluding carboxylic acids is 2. The fourth-order valence-electron chi connectivity index (χ4n) is 1.31. The number of ether oxygens (including phenoxy) is 3. The Morgan fingerprint density at radius 1 is 1.00 bits per heavy atom. The Hall–Kier alpha value is -1.10. The van der Waals surface area contributed by atoms with Crippen LogP contribution in [0.3, 0.4) is 0 Å². The van der Waals surface area contributed by atoms with Gasteiger partial charge in [-0.2, -0.15) is 0 Å². The van der Waals surface area contributed by atoms with Crippen LogP contribution in [0.25, 0.3) is 0 Å². The Labute approximate surface area is 88.7 Å². The molecule has 1 saturated heterocycles. The zero-order chi connectivity index (χ0) is 11.3. The molecule has 0 N–H and O–H groups in total. The summed E-state index contributed by atoms with van der Waals surface area (Å²) < 4.78 is 14.7. The van der Waals surface area contributed by atoms with Gasteiger partial charge in [0, 0.05) is 0 Å². The molecule has 0 spiro atoms. The molecule has 1 aliphatic rings. The molecule has 0 radical (unpaired) electrons. The van der Waals surface area contributed by atoms with Crippen LogP contribution in [0.2, 0.25) is 0 Å². The predicted octanol–water partition coefficient (Wildman–Crippen LogP) is 0.660. The molecule has 1 aliphatic heterocycles. The molecule has 2 atom stereocenters. The second kappa shape index (κ2) is 5.70. The highest BCUT2D eigenvalue weighted by atomic mass is 16.6. The van der Waals surface area contributed by atoms with Gasteiger partial charge in [0.25, 0.3) is 0 Å². The minimum atomic E-state index is -0.283. The van der Waals surface area contributed by atoms with Crippen LogP contribution < -0.4 is 0 Å². The van der Waals surface area contributed by atoms with E-state index in [4.69, 9.17) is 14.2 Å². The van der Waals surface area contributed by atoms with Crippen molar-refractivity contribution in [1.82, 2.24) is 0 Å². The molecule has 0 aromatic carbocycles. The summed E-state index contributed by atoms with van der Waals surface area (Å²) in [5, 5.41) is 0. The molecule has 15 heavy (non-hydrogen) atoms. The normalized spacial score (nSPS) is 23.3. The summed E-state index contributed by atoms with van der Waals surface area (Å²) in [7, 11) is 0. The SMILES string of the molecule is CCOC(=O)C[C@@H]1O[C@H]1CC(=O)OCC. The summed E-state index contributed by atoms with van der Waals surface area (Å²) >= 11 is 0. The van der Waals surface area contributed by atoms with E-state index < -0.39 is 0 Å². The topological polar surface area (TPSA) is 65.1 Å². The standard InChI is InChI=1S/C10H16O5/c1-3-13-9(11)5-7-8(15-7)6-10(12)14-4-2/h7-8H,3-6H2,1-2H3/t7-,8-/m0/s1. The third-order valence-electron chi connectivity index (χ3n) is 2.03. The second-order valence-electron chi connectivity index (χ2n) is 3.23. The van der Waals surface area contributed by atoms with Crippen LogP contribution in [-0.2, 0) is 23.8 Å². The molecule has 0 amide bonds. The fraction of sp³-hybridized carbons (Fsp3) is 0.800. The van der Waals surface area contributed by atoms with Gasteiger partial charge in [-0.15, -0.1) is 0 Å². The lowest BCUT2D eigenvalue weighted by atomic mass is 10.2. The number of epoxide rings is 1. The number of hydrogen-bond donors (Lipinski definition) is 0. The lowest BCUT2D eigenvalue weighted by molar-refractivity contribution is -0.144. The Bertz CT molecular complexity index is 214. The van der Waals surface area contributed by atoms with E-state index in [2.05, 4.69) is 0 Å². The Morgan fingerprint density at radius 2 is 1.40 bits per heavy atom. The molecule has 0 aromatic heterocycles. The molecule has 5 heteroatoms. The predicted molar refractivity (Wildman–Crippen MR) is 51.2 cm³/mol. The summed E-state index contributed by atoms with van der Waals surface area (Å²) in [6.07, 6.45) is 0.0948. The molecule has 1 fully saturated rings. The van der Waals surface area contributed by atoms with Crippen LogP contribution in [0.1, 0.15) is 26.7 Å². The molecule has 0 unspecified atom stereocenters. The maximum Gasteiger partial charge on any atom is 0.308 e. The van der Waals surface area contributed by atoms with Crippen LogP contribution in [0, 0.1) is 0 Å². The van der Waals surface area contributed by atoms with E-state index in [0.29, 0.717) is 13.2 Å². The molecule has 0 aromatic rings. The smallest absolute Gasteiger partial charge is 0.308 e. The summed E-state index contributed by atoms with van der Waals surface area (Å²) in [6.45, 7) is 4.24. The van der Waals surface area contributed by atoms with Crippen LogP contribution in [0.15, 0.2) is 0 Å². The molecular formula is C10H16O5. The number of hydrogen-bond acceptors (Lipinski definition) is 5. The third-order valence-corrected chi connectivity index (χ3v) is 2.03. The van der Waals surface area contributed by atoms with Gasteiger partial charge in [0.1, 0.15) is 0 Å². The molecule has 1 heterocycles. The van der Waals surface area contributed by atoms with Gasteiger partial charge in [0.05, 0.1) is 38.3 Å². The van der Waals surface area contributed by atoms with Crippen molar-refractivity contribution >= 4 is 11.9 Å². The first kappa shape index (κ1) is 12.0. The maximum absolute atomic E-state index is 11.0. The van der Waals surface area contributed by atoms with E-state index in [1.807, 2.05) is 0 Å². The molecule has 0 saturated carbocycles. The van der Waals surface area contributed by atoms with Crippen LogP contribution >= 0.6 is 0 Å². The summed E-state index contributed by atoms with van der Waals surface area (Å²) in [6, 6.07) is 0. The highest BCUT2D eigenvalue weighted by Crippen LogP contribution is 2.28. The van der Waals surface area contributed by atoms with Gasteiger partial charge in [-0.25, -0.2) is 0 Å². The highest BCUT2D eigenvalue weighted by Gasteiger charge is 2.42. The Morgan fingerprint density at radius 3 is 1.73 bits per heavy atom. The van der Waals surface area contributed by atoms with Gasteiger partial charge >= 0.3 is 11.9 Å². The Kier molecular flexibility index (Phi) is 4.55. The van der Waals surface area contributed by atoms with Crippen LogP contribution in [0.4, 0.5) is 0 Å². The molecule has 1 rings (SSSR count). The van der Waals surface area contributed by atoms with Crippen molar-refractivity contribution < 1.29 is 23.8 Å². The van der Waals surface area contributed by atoms with Crippen molar-refractivity contribution in [2.24, 2.45) is 0 Å². The lowest BCUT2D eigenvalue weighted by Gasteiger charge is -1.99. The highest BCUT2D eigenvalue weighted by molar-refractivity contribution is 5.72. The number of carbonyl (C=O) groups is 2. The van der Waals surface area contributed by atoms with E-state index in [1.54, 1.807) is 13.8 Å². The Balaban J connectivity index is 2.12. The van der Waals surface area contributed by atoms with E-state index in [-0.39, 0.29) is 37.0 Å². The number of esters is 2. The monoisotopic (exact) mass is 216 g/mol. The van der Waals surface area contributed by atoms with Crippen molar-refractivity contribution in [3.63, 3.8) is 0 Å². The minimum Gasteiger partial charge on any atom is -0.466 e. The van der Waals surface area contributed by atoms with Gasteiger partial charge in [0.15, 0.2) is 0 Å². The summed E-state index contributed by atoms with van der Waals surface area (Å²) in [5.41, 5.74) is 0. The third kappa shape index (κ3) is 4.29. The lowest BCUT2D eigenvalue weighted by Crippen LogP contribution is -2.12. The minimum absolute atomic E-state index is 0.173. The average Bonchev–Trinajstić information content (AvgIpc) is 2.83. The van der Waals surface area contributed by atoms with Gasteiger partial charge in [0.2, 0.25) is 0 Å². The van der Waals surface area contributed by atoms with Crippen LogP contribution in [-0.4, -0.2) is 37.4 Å². The second-order valence-corrected chi connectivity index (χ2v) is 3.23. The molecular weight excluding hydrogens is 200 g/mol. The van der Waals surface area contributed by atoms with Gasteiger partial charge in [-0.05, 0) is 13.8 Å². The zero-order valence-corrected chi connectivity index (χ0v) is 9.02. The first-order valence-electron chi connectivity index (χ1n) is 5.14. The van der Waals surface area contributed by atoms with Gasteiger partial charge in [-0.1, -0.05) is 0 Å². The summed E-state index contributed by atoms with van der Waals surface area (Å²) in [4.78, 5) is 22.1. The number of rotatable bonds is 6. The first-order valence-corrected chi connectivity index (χ1v) is 5.14. The fourth-order valence-corrected chi connectivity index (χ4v) is 1.31. The van der Waals surface area contributed by atoms with Gasteiger partial charge in [-0.3, -0.25) is 9.59 Å². The first-order chi connectivity index (χ1) is 7.17. The zero-order valence-electron chi connectivity index (χ0n) is 9.02.